The number of aliphatic hydroxyl groups excluding tert-OH is 2. The first-order chi connectivity index (χ1) is 31.0. The number of aliphatic hydroxyl groups is 2. The summed E-state index contributed by atoms with van der Waals surface area (Å²) in [5, 5.41) is 23.8. The second kappa shape index (κ2) is 50.3. The Morgan fingerprint density at radius 1 is 0.476 bits per heavy atom. The average Bonchev–Trinajstić information content (AvgIpc) is 3.28. The van der Waals surface area contributed by atoms with Crippen LogP contribution in [0, 0.1) is 0 Å². The summed E-state index contributed by atoms with van der Waals surface area (Å²) in [6.45, 7) is 6.34. The molecule has 3 atom stereocenters. The lowest BCUT2D eigenvalue weighted by Crippen LogP contribution is -2.46. The number of ether oxygens (including phenoxy) is 1. The molecule has 0 aliphatic carbocycles. The van der Waals surface area contributed by atoms with E-state index in [0.717, 1.165) is 70.6 Å². The van der Waals surface area contributed by atoms with E-state index < -0.39 is 18.2 Å². The van der Waals surface area contributed by atoms with Crippen LogP contribution < -0.4 is 5.32 Å². The van der Waals surface area contributed by atoms with Crippen molar-refractivity contribution in [3.63, 3.8) is 0 Å². The molecule has 6 heteroatoms. The number of carbonyl (C=O) groups excluding carboxylic acids is 2. The second-order valence-electron chi connectivity index (χ2n) is 18.1. The molecule has 0 rings (SSSR count). The summed E-state index contributed by atoms with van der Waals surface area (Å²) in [4.78, 5) is 26.1. The molecule has 6 nitrogen and oxygen atoms in total. The number of nitrogens with one attached hydrogen (secondary N) is 1. The Balaban J connectivity index is 4.58. The van der Waals surface area contributed by atoms with Crippen LogP contribution in [0.3, 0.4) is 0 Å². The van der Waals surface area contributed by atoms with Crippen LogP contribution in [-0.4, -0.2) is 46.9 Å². The molecule has 3 N–H and O–H groups in total. The van der Waals surface area contributed by atoms with Crippen LogP contribution in [0.4, 0.5) is 0 Å². The third-order valence-electron chi connectivity index (χ3n) is 12.0. The van der Waals surface area contributed by atoms with Gasteiger partial charge in [0.2, 0.25) is 5.91 Å². The molecule has 3 unspecified atom stereocenters. The first kappa shape index (κ1) is 60.3. The topological polar surface area (TPSA) is 95.9 Å². The predicted molar refractivity (Wildman–Crippen MR) is 273 cm³/mol. The van der Waals surface area contributed by atoms with Crippen LogP contribution in [-0.2, 0) is 14.3 Å². The Morgan fingerprint density at radius 2 is 0.857 bits per heavy atom. The summed E-state index contributed by atoms with van der Waals surface area (Å²) in [6.07, 6.45) is 63.9. The van der Waals surface area contributed by atoms with Gasteiger partial charge in [-0.05, 0) is 44.9 Å². The molecule has 0 saturated carbocycles. The highest BCUT2D eigenvalue weighted by Gasteiger charge is 2.24. The van der Waals surface area contributed by atoms with Crippen molar-refractivity contribution in [1.29, 1.82) is 0 Å². The lowest BCUT2D eigenvalue weighted by molar-refractivity contribution is -0.151. The van der Waals surface area contributed by atoms with Gasteiger partial charge in [-0.1, -0.05) is 267 Å². The number of allylic oxidation sites excluding steroid dienone is 12. The number of esters is 1. The highest BCUT2D eigenvalue weighted by atomic mass is 16.5. The molecule has 0 fully saturated rings. The maximum atomic E-state index is 13.2. The van der Waals surface area contributed by atoms with Crippen molar-refractivity contribution in [3.05, 3.63) is 72.9 Å². The highest BCUT2D eigenvalue weighted by molar-refractivity contribution is 5.77. The highest BCUT2D eigenvalue weighted by Crippen LogP contribution is 2.18. The molecule has 0 aromatic rings. The number of amides is 1. The van der Waals surface area contributed by atoms with E-state index in [1.54, 1.807) is 0 Å². The van der Waals surface area contributed by atoms with Crippen LogP contribution in [0.15, 0.2) is 72.9 Å². The number of carbonyl (C=O) groups is 2. The molecule has 0 bridgehead atoms. The monoisotopic (exact) mass is 880 g/mol. The zero-order valence-electron chi connectivity index (χ0n) is 41.4. The molecule has 63 heavy (non-hydrogen) atoms. The van der Waals surface area contributed by atoms with E-state index in [4.69, 9.17) is 4.74 Å². The molecule has 0 radical (unpaired) electrons. The number of unbranched alkanes of at least 4 members (excludes halogenated alkanes) is 28. The van der Waals surface area contributed by atoms with E-state index in [1.165, 1.54) is 135 Å². The molecule has 1 amide bonds. The molecule has 0 aliphatic rings. The molecule has 364 valence electrons. The minimum atomic E-state index is -0.797. The van der Waals surface area contributed by atoms with Crippen LogP contribution in [0.5, 0.6) is 0 Å². The third kappa shape index (κ3) is 45.7. The second-order valence-corrected chi connectivity index (χ2v) is 18.1. The largest absolute Gasteiger partial charge is 0.462 e. The Bertz CT molecular complexity index is 1170. The maximum absolute atomic E-state index is 13.2. The van der Waals surface area contributed by atoms with Gasteiger partial charge < -0.3 is 20.3 Å². The molecule has 0 heterocycles. The lowest BCUT2D eigenvalue weighted by Gasteiger charge is -2.24. The zero-order valence-corrected chi connectivity index (χ0v) is 41.4. The lowest BCUT2D eigenvalue weighted by atomic mass is 10.0. The van der Waals surface area contributed by atoms with Crippen LogP contribution in [0.1, 0.15) is 252 Å². The maximum Gasteiger partial charge on any atom is 0.306 e. The van der Waals surface area contributed by atoms with E-state index >= 15 is 0 Å². The van der Waals surface area contributed by atoms with E-state index in [1.807, 2.05) is 48.6 Å². The third-order valence-corrected chi connectivity index (χ3v) is 12.0. The molecule has 0 spiro atoms. The quantitative estimate of drug-likeness (QED) is 0.0321. The number of hydrogen-bond donors (Lipinski definition) is 3. The van der Waals surface area contributed by atoms with Crippen LogP contribution in [0.25, 0.3) is 0 Å². The summed E-state index contributed by atoms with van der Waals surface area (Å²) in [6, 6.07) is -0.712. The van der Waals surface area contributed by atoms with Crippen molar-refractivity contribution >= 4 is 11.9 Å². The molecular formula is C57H101NO5. The van der Waals surface area contributed by atoms with Crippen LogP contribution >= 0.6 is 0 Å². The summed E-state index contributed by atoms with van der Waals surface area (Å²) in [5.74, 6) is -0.522. The van der Waals surface area contributed by atoms with Gasteiger partial charge in [0.05, 0.1) is 25.2 Å². The van der Waals surface area contributed by atoms with Crippen LogP contribution in [0.2, 0.25) is 0 Å². The van der Waals surface area contributed by atoms with Gasteiger partial charge in [-0.3, -0.25) is 9.59 Å². The van der Waals surface area contributed by atoms with Gasteiger partial charge in [0.25, 0.3) is 0 Å². The van der Waals surface area contributed by atoms with Crippen molar-refractivity contribution < 1.29 is 24.5 Å². The summed E-state index contributed by atoms with van der Waals surface area (Å²) < 4.78 is 5.92. The Morgan fingerprint density at radius 3 is 1.29 bits per heavy atom. The van der Waals surface area contributed by atoms with Crippen molar-refractivity contribution in [2.24, 2.45) is 0 Å². The van der Waals surface area contributed by atoms with E-state index in [2.05, 4.69) is 50.4 Å². The van der Waals surface area contributed by atoms with E-state index in [-0.39, 0.29) is 24.9 Å². The van der Waals surface area contributed by atoms with Gasteiger partial charge in [-0.15, -0.1) is 0 Å². The predicted octanol–water partition coefficient (Wildman–Crippen LogP) is 16.2. The fraction of sp³-hybridized carbons (Fsp3) is 0.754. The fourth-order valence-corrected chi connectivity index (χ4v) is 7.93. The molecule has 0 aromatic heterocycles. The number of rotatable bonds is 47. The Hall–Kier alpha value is -2.70. The van der Waals surface area contributed by atoms with Gasteiger partial charge in [0.15, 0.2) is 0 Å². The molecule has 0 aliphatic heterocycles. The SMILES string of the molecule is CC\C=C/C=C/C=C/C=C\C=C\C=C\CCCCCC(=O)OC(CCCCCCCCCCCCC)CC(=O)NC(CO)C(O)CCCCCCCCCCCCCCCCCC. The molecule has 0 aromatic carbocycles. The van der Waals surface area contributed by atoms with Crippen molar-refractivity contribution in [1.82, 2.24) is 5.32 Å². The minimum Gasteiger partial charge on any atom is -0.462 e. The smallest absolute Gasteiger partial charge is 0.306 e. The van der Waals surface area contributed by atoms with E-state index in [0.29, 0.717) is 19.3 Å². The standard InChI is InChI=1S/C57H101NO5/c1-4-7-10-13-16-19-22-24-26-28-30-32-35-38-41-44-47-50-57(62)63-53(48-45-42-39-36-33-21-18-15-12-9-6-3)51-56(61)58-54(52-59)55(60)49-46-43-40-37-34-31-29-27-25-23-20-17-14-11-8-5-2/h7,10,13,16,19,22,24,26,28,30,32,35,53-55,59-60H,4-6,8-9,11-12,14-15,17-18,20-21,23,25,27,29,31,33-34,36-52H2,1-3H3,(H,58,61)/b10-7-,16-13+,22-19+,26-24-,30-28+,35-32+. The van der Waals surface area contributed by atoms with Gasteiger partial charge in [0.1, 0.15) is 6.10 Å². The fourth-order valence-electron chi connectivity index (χ4n) is 7.93. The number of hydrogen-bond acceptors (Lipinski definition) is 5. The molecular weight excluding hydrogens is 779 g/mol. The average molecular weight is 880 g/mol. The summed E-state index contributed by atoms with van der Waals surface area (Å²) in [7, 11) is 0. The van der Waals surface area contributed by atoms with Crippen molar-refractivity contribution in [2.75, 3.05) is 6.61 Å². The summed E-state index contributed by atoms with van der Waals surface area (Å²) >= 11 is 0. The Kier molecular flexibility index (Phi) is 48.1. The normalized spacial score (nSPS) is 13.8. The molecule has 0 saturated heterocycles. The van der Waals surface area contributed by atoms with Gasteiger partial charge in [0, 0.05) is 6.42 Å². The first-order valence-corrected chi connectivity index (χ1v) is 26.7. The van der Waals surface area contributed by atoms with Crippen molar-refractivity contribution in [2.45, 2.75) is 270 Å². The van der Waals surface area contributed by atoms with Crippen molar-refractivity contribution in [3.8, 4) is 0 Å². The Labute approximate surface area is 390 Å². The first-order valence-electron chi connectivity index (χ1n) is 26.7. The van der Waals surface area contributed by atoms with E-state index in [9.17, 15) is 19.8 Å². The van der Waals surface area contributed by atoms with Gasteiger partial charge in [-0.2, -0.15) is 0 Å². The minimum absolute atomic E-state index is 0.0588. The zero-order chi connectivity index (χ0) is 45.9. The van der Waals surface area contributed by atoms with Gasteiger partial charge in [-0.25, -0.2) is 0 Å². The summed E-state index contributed by atoms with van der Waals surface area (Å²) in [5.41, 5.74) is 0. The van der Waals surface area contributed by atoms with Gasteiger partial charge >= 0.3 is 5.97 Å².